The lowest BCUT2D eigenvalue weighted by atomic mass is 9.75. The zero-order chi connectivity index (χ0) is 18.8. The number of carbonyl (C=O) groups is 2. The van der Waals surface area contributed by atoms with Gasteiger partial charge in [0.05, 0.1) is 15.6 Å². The Morgan fingerprint density at radius 1 is 1.38 bits per heavy atom. The Bertz CT molecular complexity index is 855. The van der Waals surface area contributed by atoms with E-state index in [-0.39, 0.29) is 12.4 Å². The number of halogens is 2. The lowest BCUT2D eigenvalue weighted by Crippen LogP contribution is -2.34. The van der Waals surface area contributed by atoms with Crippen molar-refractivity contribution in [2.45, 2.75) is 32.1 Å². The molecule has 26 heavy (non-hydrogen) atoms. The first-order valence-corrected chi connectivity index (χ1v) is 9.17. The van der Waals surface area contributed by atoms with E-state index in [2.05, 4.69) is 11.9 Å². The van der Waals surface area contributed by atoms with Gasteiger partial charge in [0.1, 0.15) is 6.61 Å². The summed E-state index contributed by atoms with van der Waals surface area (Å²) in [5.41, 5.74) is 3.10. The van der Waals surface area contributed by atoms with Crippen LogP contribution in [0.3, 0.4) is 0 Å². The van der Waals surface area contributed by atoms with Crippen LogP contribution in [0.15, 0.2) is 53.4 Å². The Hall–Kier alpha value is -2.04. The smallest absolute Gasteiger partial charge is 0.337 e. The molecule has 0 unspecified atom stereocenters. The highest BCUT2D eigenvalue weighted by atomic mass is 35.5. The van der Waals surface area contributed by atoms with Crippen LogP contribution in [0, 0.1) is 0 Å². The molecule has 2 aliphatic rings. The van der Waals surface area contributed by atoms with Crippen molar-refractivity contribution in [3.05, 3.63) is 69.0 Å². The lowest BCUT2D eigenvalue weighted by molar-refractivity contribution is -0.138. The Morgan fingerprint density at radius 3 is 2.88 bits per heavy atom. The van der Waals surface area contributed by atoms with Crippen LogP contribution < -0.4 is 5.32 Å². The molecule has 0 aromatic heterocycles. The minimum absolute atomic E-state index is 0.0151. The average molecular weight is 392 g/mol. The van der Waals surface area contributed by atoms with Crippen LogP contribution in [0.4, 0.5) is 0 Å². The maximum Gasteiger partial charge on any atom is 0.337 e. The van der Waals surface area contributed by atoms with E-state index in [9.17, 15) is 9.59 Å². The van der Waals surface area contributed by atoms with Crippen molar-refractivity contribution < 1.29 is 14.3 Å². The molecule has 0 fully saturated rings. The number of hydrogen-bond acceptors (Lipinski definition) is 4. The molecular formula is C20H19Cl2NO3. The van der Waals surface area contributed by atoms with Crippen LogP contribution in [0.2, 0.25) is 10.0 Å². The molecule has 3 rings (SSSR count). The van der Waals surface area contributed by atoms with E-state index in [1.165, 1.54) is 6.08 Å². The van der Waals surface area contributed by atoms with Gasteiger partial charge in [-0.3, -0.25) is 4.79 Å². The van der Waals surface area contributed by atoms with Crippen LogP contribution in [-0.2, 0) is 14.3 Å². The molecule has 1 aliphatic carbocycles. The van der Waals surface area contributed by atoms with Crippen LogP contribution in [0.25, 0.3) is 0 Å². The van der Waals surface area contributed by atoms with Gasteiger partial charge in [0.15, 0.2) is 5.78 Å². The molecule has 0 bridgehead atoms. The SMILES string of the molecule is C=CCOC(=O)C1=C(C)NC2=C(C(=O)CCC2)[C@H]1c1cccc(Cl)c1Cl. The van der Waals surface area contributed by atoms with Crippen molar-refractivity contribution in [3.63, 3.8) is 0 Å². The predicted molar refractivity (Wildman–Crippen MR) is 102 cm³/mol. The molecular weight excluding hydrogens is 373 g/mol. The molecule has 1 aromatic rings. The van der Waals surface area contributed by atoms with Gasteiger partial charge in [0.2, 0.25) is 0 Å². The number of nitrogens with one attached hydrogen (secondary N) is 1. The van der Waals surface area contributed by atoms with Crippen LogP contribution in [-0.4, -0.2) is 18.4 Å². The zero-order valence-electron chi connectivity index (χ0n) is 14.4. The molecule has 0 radical (unpaired) electrons. The highest BCUT2D eigenvalue weighted by molar-refractivity contribution is 6.42. The summed E-state index contributed by atoms with van der Waals surface area (Å²) in [4.78, 5) is 25.5. The van der Waals surface area contributed by atoms with E-state index < -0.39 is 11.9 Å². The molecule has 4 nitrogen and oxygen atoms in total. The molecule has 1 N–H and O–H groups in total. The maximum absolute atomic E-state index is 12.8. The Labute approximate surface area is 162 Å². The number of rotatable bonds is 4. The second kappa shape index (κ2) is 7.68. The normalized spacial score (nSPS) is 19.8. The number of benzene rings is 1. The van der Waals surface area contributed by atoms with E-state index in [1.807, 2.05) is 0 Å². The molecule has 1 aromatic carbocycles. The van der Waals surface area contributed by atoms with Crippen LogP contribution in [0.1, 0.15) is 37.7 Å². The van der Waals surface area contributed by atoms with Gasteiger partial charge >= 0.3 is 5.97 Å². The van der Waals surface area contributed by atoms with Crippen molar-refractivity contribution in [1.29, 1.82) is 0 Å². The summed E-state index contributed by atoms with van der Waals surface area (Å²) in [7, 11) is 0. The van der Waals surface area contributed by atoms with E-state index in [0.29, 0.717) is 38.9 Å². The second-order valence-electron chi connectivity index (χ2n) is 6.30. The summed E-state index contributed by atoms with van der Waals surface area (Å²) in [5, 5.41) is 3.95. The standard InChI is InChI=1S/C20H19Cl2NO3/c1-3-10-26-20(25)16-11(2)23-14-8-5-9-15(24)18(14)17(16)12-6-4-7-13(21)19(12)22/h3-4,6-7,17,23H,1,5,8-10H2,2H3/t17-/m0/s1. The van der Waals surface area contributed by atoms with Crippen LogP contribution in [0.5, 0.6) is 0 Å². The molecule has 0 saturated carbocycles. The van der Waals surface area contributed by atoms with Crippen molar-refractivity contribution in [3.8, 4) is 0 Å². The molecule has 136 valence electrons. The van der Waals surface area contributed by atoms with Gasteiger partial charge < -0.3 is 10.1 Å². The van der Waals surface area contributed by atoms with Gasteiger partial charge in [-0.15, -0.1) is 0 Å². The number of Topliss-reactive ketones (excluding diaryl/α,β-unsaturated/α-hetero) is 1. The van der Waals surface area contributed by atoms with Crippen molar-refractivity contribution >= 4 is 35.0 Å². The van der Waals surface area contributed by atoms with Crippen molar-refractivity contribution in [2.24, 2.45) is 0 Å². The first-order chi connectivity index (χ1) is 12.5. The molecule has 6 heteroatoms. The first-order valence-electron chi connectivity index (χ1n) is 8.41. The number of carbonyl (C=O) groups excluding carboxylic acids is 2. The molecule has 1 atom stereocenters. The summed E-state index contributed by atoms with van der Waals surface area (Å²) >= 11 is 12.6. The lowest BCUT2D eigenvalue weighted by Gasteiger charge is -2.34. The third kappa shape index (κ3) is 3.31. The Kier molecular flexibility index (Phi) is 5.54. The van der Waals surface area contributed by atoms with Gasteiger partial charge in [-0.05, 0) is 31.4 Å². The summed E-state index contributed by atoms with van der Waals surface area (Å²) < 4.78 is 5.27. The number of ether oxygens (including phenoxy) is 1. The topological polar surface area (TPSA) is 55.4 Å². The number of esters is 1. The maximum atomic E-state index is 12.8. The third-order valence-corrected chi connectivity index (χ3v) is 5.45. The summed E-state index contributed by atoms with van der Waals surface area (Å²) in [6.45, 7) is 5.46. The first kappa shape index (κ1) is 18.7. The van der Waals surface area contributed by atoms with Gasteiger partial charge in [-0.1, -0.05) is 48.0 Å². The fourth-order valence-corrected chi connectivity index (χ4v) is 3.94. The van der Waals surface area contributed by atoms with E-state index >= 15 is 0 Å². The zero-order valence-corrected chi connectivity index (χ0v) is 15.9. The van der Waals surface area contributed by atoms with E-state index in [0.717, 1.165) is 18.5 Å². The second-order valence-corrected chi connectivity index (χ2v) is 7.08. The summed E-state index contributed by atoms with van der Waals surface area (Å²) in [6, 6.07) is 5.24. The Morgan fingerprint density at radius 2 is 2.15 bits per heavy atom. The quantitative estimate of drug-likeness (QED) is 0.597. The third-order valence-electron chi connectivity index (χ3n) is 4.62. The van der Waals surface area contributed by atoms with Gasteiger partial charge in [0, 0.05) is 29.3 Å². The van der Waals surface area contributed by atoms with Gasteiger partial charge in [-0.2, -0.15) is 0 Å². The Balaban J connectivity index is 2.19. The molecule has 1 heterocycles. The monoisotopic (exact) mass is 391 g/mol. The average Bonchev–Trinajstić information content (AvgIpc) is 2.61. The number of allylic oxidation sites excluding steroid dienone is 3. The molecule has 1 aliphatic heterocycles. The fraction of sp³-hybridized carbons (Fsp3) is 0.300. The molecule has 0 amide bonds. The summed E-state index contributed by atoms with van der Waals surface area (Å²) in [5.74, 6) is -1.08. The molecule has 0 spiro atoms. The number of hydrogen-bond donors (Lipinski definition) is 1. The highest BCUT2D eigenvalue weighted by Gasteiger charge is 2.40. The van der Waals surface area contributed by atoms with E-state index in [1.54, 1.807) is 25.1 Å². The van der Waals surface area contributed by atoms with Crippen LogP contribution >= 0.6 is 23.2 Å². The number of dihydropyridines is 1. The summed E-state index contributed by atoms with van der Waals surface area (Å²) in [6.07, 6.45) is 3.48. The van der Waals surface area contributed by atoms with Crippen molar-refractivity contribution in [2.75, 3.05) is 6.61 Å². The van der Waals surface area contributed by atoms with E-state index in [4.69, 9.17) is 27.9 Å². The molecule has 0 saturated heterocycles. The largest absolute Gasteiger partial charge is 0.458 e. The van der Waals surface area contributed by atoms with Gasteiger partial charge in [-0.25, -0.2) is 4.79 Å². The number of ketones is 1. The van der Waals surface area contributed by atoms with Gasteiger partial charge in [0.25, 0.3) is 0 Å². The predicted octanol–water partition coefficient (Wildman–Crippen LogP) is 4.69. The highest BCUT2D eigenvalue weighted by Crippen LogP contribution is 2.45. The minimum Gasteiger partial charge on any atom is -0.458 e. The van der Waals surface area contributed by atoms with Crippen molar-refractivity contribution in [1.82, 2.24) is 5.32 Å². The fourth-order valence-electron chi connectivity index (χ4n) is 3.52. The minimum atomic E-state index is -0.595.